The number of rotatable bonds is 3. The quantitative estimate of drug-likeness (QED) is 0.878. The highest BCUT2D eigenvalue weighted by molar-refractivity contribution is 7.99. The number of piperidine rings is 1. The molecule has 1 aromatic heterocycles. The molecule has 1 amide bonds. The minimum absolute atomic E-state index is 0.199. The third kappa shape index (κ3) is 3.52. The van der Waals surface area contributed by atoms with E-state index in [9.17, 15) is 4.79 Å². The molecule has 1 N–H and O–H groups in total. The van der Waals surface area contributed by atoms with Crippen molar-refractivity contribution in [3.8, 4) is 0 Å². The highest BCUT2D eigenvalue weighted by Crippen LogP contribution is 2.23. The fourth-order valence-electron chi connectivity index (χ4n) is 2.51. The van der Waals surface area contributed by atoms with Crippen molar-refractivity contribution in [3.05, 3.63) is 23.2 Å². The third-order valence-corrected chi connectivity index (χ3v) is 4.98. The first-order valence-corrected chi connectivity index (χ1v) is 8.54. The van der Waals surface area contributed by atoms with E-state index in [2.05, 4.69) is 16.9 Å². The van der Waals surface area contributed by atoms with Crippen molar-refractivity contribution in [2.75, 3.05) is 18.8 Å². The van der Waals surface area contributed by atoms with Crippen LogP contribution in [0.4, 0.5) is 0 Å². The molecule has 112 valence electrons. The second-order valence-electron chi connectivity index (χ2n) is 5.56. The molecule has 1 aliphatic heterocycles. The Balaban J connectivity index is 1.59. The minimum Gasteiger partial charge on any atom is -0.342 e. The van der Waals surface area contributed by atoms with Crippen LogP contribution < -0.4 is 0 Å². The summed E-state index contributed by atoms with van der Waals surface area (Å²) in [6, 6.07) is 5.55. The van der Waals surface area contributed by atoms with E-state index in [-0.39, 0.29) is 5.91 Å². The number of thioether (sulfide) groups is 1. The van der Waals surface area contributed by atoms with Gasteiger partial charge in [-0.15, -0.1) is 0 Å². The number of carbonyl (C=O) groups is 1. The highest BCUT2D eigenvalue weighted by atomic mass is 35.5. The predicted molar refractivity (Wildman–Crippen MR) is 86.8 cm³/mol. The summed E-state index contributed by atoms with van der Waals surface area (Å²) in [6.07, 6.45) is 2.22. The van der Waals surface area contributed by atoms with Crippen LogP contribution in [-0.4, -0.2) is 39.6 Å². The van der Waals surface area contributed by atoms with Gasteiger partial charge in [0.25, 0.3) is 0 Å². The number of nitrogens with zero attached hydrogens (tertiary/aromatic N) is 2. The lowest BCUT2D eigenvalue weighted by Crippen LogP contribution is -2.38. The molecule has 0 atom stereocenters. The molecule has 21 heavy (non-hydrogen) atoms. The van der Waals surface area contributed by atoms with E-state index in [1.54, 1.807) is 0 Å². The third-order valence-electron chi connectivity index (χ3n) is 3.89. The Morgan fingerprint density at radius 3 is 3.00 bits per heavy atom. The molecular formula is C15H18ClN3OS. The van der Waals surface area contributed by atoms with E-state index in [1.165, 1.54) is 11.8 Å². The first-order chi connectivity index (χ1) is 10.1. The monoisotopic (exact) mass is 323 g/mol. The zero-order valence-electron chi connectivity index (χ0n) is 11.9. The predicted octanol–water partition coefficient (Wildman–Crippen LogP) is 3.57. The summed E-state index contributed by atoms with van der Waals surface area (Å²) in [5.41, 5.74) is 1.78. The van der Waals surface area contributed by atoms with Gasteiger partial charge in [0, 0.05) is 18.1 Å². The molecule has 1 aliphatic rings. The van der Waals surface area contributed by atoms with Gasteiger partial charge in [-0.3, -0.25) is 4.79 Å². The number of hydrogen-bond donors (Lipinski definition) is 1. The van der Waals surface area contributed by atoms with Gasteiger partial charge in [0.1, 0.15) is 0 Å². The molecule has 1 aromatic carbocycles. The maximum absolute atomic E-state index is 12.2. The first kappa shape index (κ1) is 14.7. The standard InChI is InChI=1S/C15H18ClN3OS/c1-10-4-6-19(7-5-10)14(20)9-21-15-17-12-3-2-11(16)8-13(12)18-15/h2-3,8,10H,4-7,9H2,1H3,(H,17,18). The summed E-state index contributed by atoms with van der Waals surface area (Å²) in [5.74, 6) is 1.37. The largest absolute Gasteiger partial charge is 0.342 e. The van der Waals surface area contributed by atoms with Crippen molar-refractivity contribution in [1.29, 1.82) is 0 Å². The van der Waals surface area contributed by atoms with Crippen LogP contribution in [-0.2, 0) is 4.79 Å². The number of likely N-dealkylation sites (tertiary alicyclic amines) is 1. The number of carbonyl (C=O) groups excluding carboxylic acids is 1. The van der Waals surface area contributed by atoms with E-state index >= 15 is 0 Å². The second-order valence-corrected chi connectivity index (χ2v) is 6.96. The molecule has 0 bridgehead atoms. The Bertz CT molecular complexity index is 649. The van der Waals surface area contributed by atoms with Crippen LogP contribution in [0.15, 0.2) is 23.4 Å². The van der Waals surface area contributed by atoms with Crippen molar-refractivity contribution >= 4 is 40.3 Å². The Kier molecular flexibility index (Phi) is 4.40. The Labute approximate surface area is 133 Å². The normalized spacial score (nSPS) is 16.6. The van der Waals surface area contributed by atoms with Crippen molar-refractivity contribution in [2.24, 2.45) is 5.92 Å². The maximum Gasteiger partial charge on any atom is 0.233 e. The molecule has 0 radical (unpaired) electrons. The molecule has 0 aliphatic carbocycles. The van der Waals surface area contributed by atoms with E-state index in [1.807, 2.05) is 23.1 Å². The summed E-state index contributed by atoms with van der Waals surface area (Å²) >= 11 is 7.41. The van der Waals surface area contributed by atoms with Gasteiger partial charge in [0.15, 0.2) is 5.16 Å². The Morgan fingerprint density at radius 1 is 1.48 bits per heavy atom. The number of amides is 1. The van der Waals surface area contributed by atoms with Crippen molar-refractivity contribution in [1.82, 2.24) is 14.9 Å². The number of H-pyrrole nitrogens is 1. The van der Waals surface area contributed by atoms with Crippen LogP contribution in [0, 0.1) is 5.92 Å². The van der Waals surface area contributed by atoms with Crippen molar-refractivity contribution in [3.63, 3.8) is 0 Å². The van der Waals surface area contributed by atoms with E-state index < -0.39 is 0 Å². The number of benzene rings is 1. The number of nitrogens with one attached hydrogen (secondary N) is 1. The lowest BCUT2D eigenvalue weighted by Gasteiger charge is -2.30. The highest BCUT2D eigenvalue weighted by Gasteiger charge is 2.20. The molecule has 1 saturated heterocycles. The maximum atomic E-state index is 12.2. The Morgan fingerprint density at radius 2 is 2.24 bits per heavy atom. The van der Waals surface area contributed by atoms with Gasteiger partial charge in [-0.2, -0.15) is 0 Å². The van der Waals surface area contributed by atoms with Gasteiger partial charge in [0.2, 0.25) is 5.91 Å². The fraction of sp³-hybridized carbons (Fsp3) is 0.467. The number of fused-ring (bicyclic) bond motifs is 1. The van der Waals surface area contributed by atoms with Gasteiger partial charge in [-0.1, -0.05) is 30.3 Å². The van der Waals surface area contributed by atoms with Crippen LogP contribution >= 0.6 is 23.4 Å². The lowest BCUT2D eigenvalue weighted by atomic mass is 9.99. The molecule has 0 saturated carbocycles. The molecule has 1 fully saturated rings. The van der Waals surface area contributed by atoms with Crippen molar-refractivity contribution in [2.45, 2.75) is 24.9 Å². The molecule has 2 heterocycles. The van der Waals surface area contributed by atoms with Crippen LogP contribution in [0.5, 0.6) is 0 Å². The van der Waals surface area contributed by atoms with Crippen LogP contribution in [0.2, 0.25) is 5.02 Å². The summed E-state index contributed by atoms with van der Waals surface area (Å²) in [4.78, 5) is 21.8. The SMILES string of the molecule is CC1CCN(C(=O)CSc2nc3ccc(Cl)cc3[nH]2)CC1. The number of imidazole rings is 1. The number of halogens is 1. The topological polar surface area (TPSA) is 49.0 Å². The van der Waals surface area contributed by atoms with Gasteiger partial charge >= 0.3 is 0 Å². The number of aromatic nitrogens is 2. The molecule has 4 nitrogen and oxygen atoms in total. The number of hydrogen-bond acceptors (Lipinski definition) is 3. The second kappa shape index (κ2) is 6.28. The average Bonchev–Trinajstić information content (AvgIpc) is 2.87. The molecule has 3 rings (SSSR count). The molecular weight excluding hydrogens is 306 g/mol. The summed E-state index contributed by atoms with van der Waals surface area (Å²) in [7, 11) is 0. The van der Waals surface area contributed by atoms with E-state index in [0.29, 0.717) is 10.8 Å². The summed E-state index contributed by atoms with van der Waals surface area (Å²) in [5, 5.41) is 1.45. The Hall–Kier alpha value is -1.20. The zero-order chi connectivity index (χ0) is 14.8. The smallest absolute Gasteiger partial charge is 0.233 e. The molecule has 0 spiro atoms. The van der Waals surface area contributed by atoms with Gasteiger partial charge in [-0.25, -0.2) is 4.98 Å². The van der Waals surface area contributed by atoms with E-state index in [0.717, 1.165) is 48.0 Å². The zero-order valence-corrected chi connectivity index (χ0v) is 13.5. The fourth-order valence-corrected chi connectivity index (χ4v) is 3.47. The van der Waals surface area contributed by atoms with Crippen LogP contribution in [0.1, 0.15) is 19.8 Å². The summed E-state index contributed by atoms with van der Waals surface area (Å²) in [6.45, 7) is 4.02. The van der Waals surface area contributed by atoms with Crippen LogP contribution in [0.3, 0.4) is 0 Å². The first-order valence-electron chi connectivity index (χ1n) is 7.17. The molecule has 2 aromatic rings. The minimum atomic E-state index is 0.199. The molecule has 6 heteroatoms. The summed E-state index contributed by atoms with van der Waals surface area (Å²) < 4.78 is 0. The van der Waals surface area contributed by atoms with Gasteiger partial charge in [-0.05, 0) is 37.0 Å². The van der Waals surface area contributed by atoms with Gasteiger partial charge in [0.05, 0.1) is 16.8 Å². The average molecular weight is 324 g/mol. The molecule has 0 unspecified atom stereocenters. The number of aromatic amines is 1. The lowest BCUT2D eigenvalue weighted by molar-refractivity contribution is -0.129. The van der Waals surface area contributed by atoms with Crippen LogP contribution in [0.25, 0.3) is 11.0 Å². The van der Waals surface area contributed by atoms with Crippen molar-refractivity contribution < 1.29 is 4.79 Å². The van der Waals surface area contributed by atoms with Gasteiger partial charge < -0.3 is 9.88 Å². The van der Waals surface area contributed by atoms with E-state index in [4.69, 9.17) is 11.6 Å².